The molecule has 2 N–H and O–H groups in total. The summed E-state index contributed by atoms with van der Waals surface area (Å²) < 4.78 is 5.43. The Bertz CT molecular complexity index is 510. The predicted octanol–water partition coefficient (Wildman–Crippen LogP) is 2.60. The highest BCUT2D eigenvalue weighted by Gasteiger charge is 2.33. The van der Waals surface area contributed by atoms with E-state index in [1.165, 1.54) is 0 Å². The smallest absolute Gasteiger partial charge is 0.410 e. The SMILES string of the molecule is Cc1nc(CNC2(C)CCN(C(=O)OC(C)(C)C)CC2)c[nH]1. The highest BCUT2D eigenvalue weighted by atomic mass is 16.6. The number of nitrogens with zero attached hydrogens (tertiary/aromatic N) is 2. The normalized spacial score (nSPS) is 18.3. The Balaban J connectivity index is 1.81. The molecular formula is C16H28N4O2. The van der Waals surface area contributed by atoms with Gasteiger partial charge in [0, 0.05) is 31.4 Å². The van der Waals surface area contributed by atoms with Gasteiger partial charge in [0.15, 0.2) is 0 Å². The third-order valence-corrected chi connectivity index (χ3v) is 3.97. The van der Waals surface area contributed by atoms with Crippen LogP contribution in [0.5, 0.6) is 0 Å². The second-order valence-corrected chi connectivity index (χ2v) is 7.36. The highest BCUT2D eigenvalue weighted by Crippen LogP contribution is 2.23. The number of imidazole rings is 1. The van der Waals surface area contributed by atoms with Crippen molar-refractivity contribution in [3.8, 4) is 0 Å². The molecule has 1 amide bonds. The minimum absolute atomic E-state index is 0.0331. The summed E-state index contributed by atoms with van der Waals surface area (Å²) in [6.07, 6.45) is 3.55. The van der Waals surface area contributed by atoms with Gasteiger partial charge in [-0.2, -0.15) is 0 Å². The zero-order valence-electron chi connectivity index (χ0n) is 14.3. The molecule has 1 aliphatic rings. The fourth-order valence-electron chi connectivity index (χ4n) is 2.55. The van der Waals surface area contributed by atoms with Gasteiger partial charge in [-0.1, -0.05) is 0 Å². The van der Waals surface area contributed by atoms with Crippen LogP contribution in [-0.2, 0) is 11.3 Å². The highest BCUT2D eigenvalue weighted by molar-refractivity contribution is 5.68. The quantitative estimate of drug-likeness (QED) is 0.900. The molecule has 6 heteroatoms. The van der Waals surface area contributed by atoms with Gasteiger partial charge in [0.25, 0.3) is 0 Å². The lowest BCUT2D eigenvalue weighted by molar-refractivity contribution is 0.0156. The number of hydrogen-bond acceptors (Lipinski definition) is 4. The van der Waals surface area contributed by atoms with E-state index in [0.717, 1.165) is 44.0 Å². The summed E-state index contributed by atoms with van der Waals surface area (Å²) in [4.78, 5) is 21.4. The molecule has 0 aliphatic carbocycles. The molecule has 0 atom stereocenters. The van der Waals surface area contributed by atoms with Gasteiger partial charge in [0.05, 0.1) is 5.69 Å². The van der Waals surface area contributed by atoms with Crippen LogP contribution >= 0.6 is 0 Å². The summed E-state index contributed by atoms with van der Waals surface area (Å²) in [7, 11) is 0. The van der Waals surface area contributed by atoms with Crippen molar-refractivity contribution in [2.45, 2.75) is 65.1 Å². The summed E-state index contributed by atoms with van der Waals surface area (Å²) in [6, 6.07) is 0. The first-order valence-corrected chi connectivity index (χ1v) is 7.91. The van der Waals surface area contributed by atoms with Gasteiger partial charge in [-0.25, -0.2) is 9.78 Å². The fraction of sp³-hybridized carbons (Fsp3) is 0.750. The van der Waals surface area contributed by atoms with E-state index in [2.05, 4.69) is 22.2 Å². The first-order chi connectivity index (χ1) is 10.2. The maximum atomic E-state index is 12.1. The summed E-state index contributed by atoms with van der Waals surface area (Å²) in [6.45, 7) is 12.0. The third-order valence-electron chi connectivity index (χ3n) is 3.97. The zero-order valence-corrected chi connectivity index (χ0v) is 14.3. The van der Waals surface area contributed by atoms with Crippen molar-refractivity contribution in [2.75, 3.05) is 13.1 Å². The molecular weight excluding hydrogens is 280 g/mol. The maximum Gasteiger partial charge on any atom is 0.410 e. The number of carbonyl (C=O) groups excluding carboxylic acids is 1. The molecule has 1 saturated heterocycles. The molecule has 124 valence electrons. The average Bonchev–Trinajstić information content (AvgIpc) is 2.81. The number of ether oxygens (including phenoxy) is 1. The van der Waals surface area contributed by atoms with Crippen LogP contribution in [-0.4, -0.2) is 45.2 Å². The van der Waals surface area contributed by atoms with Crippen LogP contribution in [0.3, 0.4) is 0 Å². The Labute approximate surface area is 132 Å². The molecule has 1 fully saturated rings. The van der Waals surface area contributed by atoms with E-state index in [-0.39, 0.29) is 11.6 Å². The lowest BCUT2D eigenvalue weighted by atomic mass is 9.89. The Morgan fingerprint density at radius 3 is 2.59 bits per heavy atom. The van der Waals surface area contributed by atoms with Crippen LogP contribution in [0.1, 0.15) is 52.1 Å². The van der Waals surface area contributed by atoms with Crippen LogP contribution in [0.25, 0.3) is 0 Å². The van der Waals surface area contributed by atoms with E-state index in [0.29, 0.717) is 0 Å². The van der Waals surface area contributed by atoms with Crippen molar-refractivity contribution in [3.05, 3.63) is 17.7 Å². The summed E-state index contributed by atoms with van der Waals surface area (Å²) in [5.74, 6) is 0.932. The number of piperidine rings is 1. The topological polar surface area (TPSA) is 70.2 Å². The van der Waals surface area contributed by atoms with Crippen LogP contribution < -0.4 is 5.32 Å². The van der Waals surface area contributed by atoms with Crippen molar-refractivity contribution in [1.29, 1.82) is 0 Å². The monoisotopic (exact) mass is 308 g/mol. The Morgan fingerprint density at radius 2 is 2.09 bits per heavy atom. The van der Waals surface area contributed by atoms with Crippen LogP contribution in [0.4, 0.5) is 4.79 Å². The Kier molecular flexibility index (Phi) is 4.80. The molecule has 1 aromatic rings. The lowest BCUT2D eigenvalue weighted by Crippen LogP contribution is -2.53. The lowest BCUT2D eigenvalue weighted by Gasteiger charge is -2.40. The first kappa shape index (κ1) is 16.8. The third kappa shape index (κ3) is 4.73. The van der Waals surface area contributed by atoms with Crippen LogP contribution in [0, 0.1) is 6.92 Å². The standard InChI is InChI=1S/C16H28N4O2/c1-12-17-10-13(19-12)11-18-16(5)6-8-20(9-7-16)14(21)22-15(2,3)4/h10,18H,6-9,11H2,1-5H3,(H,17,19). The van der Waals surface area contributed by atoms with Gasteiger partial charge in [-0.3, -0.25) is 0 Å². The van der Waals surface area contributed by atoms with E-state index in [9.17, 15) is 4.79 Å². The van der Waals surface area contributed by atoms with Crippen molar-refractivity contribution < 1.29 is 9.53 Å². The molecule has 6 nitrogen and oxygen atoms in total. The van der Waals surface area contributed by atoms with E-state index in [1.807, 2.05) is 33.9 Å². The molecule has 1 aromatic heterocycles. The van der Waals surface area contributed by atoms with E-state index < -0.39 is 5.60 Å². The van der Waals surface area contributed by atoms with Crippen molar-refractivity contribution in [2.24, 2.45) is 0 Å². The number of hydrogen-bond donors (Lipinski definition) is 2. The van der Waals surface area contributed by atoms with Gasteiger partial charge in [0.2, 0.25) is 0 Å². The van der Waals surface area contributed by atoms with Gasteiger partial charge in [-0.05, 0) is 47.5 Å². The van der Waals surface area contributed by atoms with Crippen LogP contribution in [0.2, 0.25) is 0 Å². The Hall–Kier alpha value is -1.56. The maximum absolute atomic E-state index is 12.1. The summed E-state index contributed by atoms with van der Waals surface area (Å²) >= 11 is 0. The Morgan fingerprint density at radius 1 is 1.45 bits per heavy atom. The largest absolute Gasteiger partial charge is 0.444 e. The zero-order chi connectivity index (χ0) is 16.4. The summed E-state index contributed by atoms with van der Waals surface area (Å²) in [5, 5.41) is 3.57. The van der Waals surface area contributed by atoms with E-state index >= 15 is 0 Å². The van der Waals surface area contributed by atoms with Gasteiger partial charge >= 0.3 is 6.09 Å². The van der Waals surface area contributed by atoms with E-state index in [1.54, 1.807) is 4.90 Å². The molecule has 1 aliphatic heterocycles. The molecule has 22 heavy (non-hydrogen) atoms. The second-order valence-electron chi connectivity index (χ2n) is 7.36. The number of H-pyrrole nitrogens is 1. The minimum Gasteiger partial charge on any atom is -0.444 e. The molecule has 2 heterocycles. The number of nitrogens with one attached hydrogen (secondary N) is 2. The number of carbonyl (C=O) groups is 1. The molecule has 2 rings (SSSR count). The average molecular weight is 308 g/mol. The van der Waals surface area contributed by atoms with Gasteiger partial charge < -0.3 is 19.9 Å². The number of aryl methyl sites for hydroxylation is 1. The van der Waals surface area contributed by atoms with Crippen molar-refractivity contribution in [3.63, 3.8) is 0 Å². The molecule has 0 spiro atoms. The number of amides is 1. The van der Waals surface area contributed by atoms with E-state index in [4.69, 9.17) is 4.74 Å². The van der Waals surface area contributed by atoms with Crippen molar-refractivity contribution >= 4 is 6.09 Å². The molecule has 0 saturated carbocycles. The van der Waals surface area contributed by atoms with Gasteiger partial charge in [0.1, 0.15) is 11.4 Å². The fourth-order valence-corrected chi connectivity index (χ4v) is 2.55. The molecule has 0 radical (unpaired) electrons. The number of likely N-dealkylation sites (tertiary alicyclic amines) is 1. The number of aromatic nitrogens is 2. The number of aromatic amines is 1. The van der Waals surface area contributed by atoms with Crippen molar-refractivity contribution in [1.82, 2.24) is 20.2 Å². The molecule has 0 aromatic carbocycles. The first-order valence-electron chi connectivity index (χ1n) is 7.91. The molecule has 0 bridgehead atoms. The van der Waals surface area contributed by atoms with Gasteiger partial charge in [-0.15, -0.1) is 0 Å². The molecule has 0 unspecified atom stereocenters. The van der Waals surface area contributed by atoms with Crippen LogP contribution in [0.15, 0.2) is 6.20 Å². The minimum atomic E-state index is -0.437. The second kappa shape index (κ2) is 6.28. The predicted molar refractivity (Wildman–Crippen MR) is 85.6 cm³/mol. The number of rotatable bonds is 3. The summed E-state index contributed by atoms with van der Waals surface area (Å²) in [5.41, 5.74) is 0.618.